The molecule has 1 aliphatic rings. The summed E-state index contributed by atoms with van der Waals surface area (Å²) < 4.78 is 0. The van der Waals surface area contributed by atoms with Crippen LogP contribution < -0.4 is 0 Å². The maximum atomic E-state index is 4.38. The Morgan fingerprint density at radius 2 is 2.50 bits per heavy atom. The van der Waals surface area contributed by atoms with Gasteiger partial charge in [0.2, 0.25) is 0 Å². The van der Waals surface area contributed by atoms with E-state index >= 15 is 0 Å². The van der Waals surface area contributed by atoms with Crippen molar-refractivity contribution in [1.29, 1.82) is 0 Å². The van der Waals surface area contributed by atoms with E-state index in [0.29, 0.717) is 6.04 Å². The summed E-state index contributed by atoms with van der Waals surface area (Å²) in [5.74, 6) is 0. The molecule has 0 amide bonds. The Bertz CT molecular complexity index is 289. The lowest BCUT2D eigenvalue weighted by Crippen LogP contribution is -2.12. The number of hydrogen-bond acceptors (Lipinski definition) is 3. The molecule has 0 saturated heterocycles. The Balaban J connectivity index is 2.19. The minimum absolute atomic E-state index is 0.491. The highest BCUT2D eigenvalue weighted by Gasteiger charge is 2.23. The smallest absolute Gasteiger partial charge is 0.0861 e. The summed E-state index contributed by atoms with van der Waals surface area (Å²) in [5, 5.41) is 8.56. The zero-order valence-electron chi connectivity index (χ0n) is 7.32. The zero-order valence-corrected chi connectivity index (χ0v) is 8.14. The Morgan fingerprint density at radius 1 is 1.67 bits per heavy atom. The highest BCUT2D eigenvalue weighted by molar-refractivity contribution is 7.10. The highest BCUT2D eigenvalue weighted by atomic mass is 32.1. The molecule has 0 spiro atoms. The molecule has 1 aromatic heterocycles. The lowest BCUT2D eigenvalue weighted by molar-refractivity contribution is 0.294. The van der Waals surface area contributed by atoms with Gasteiger partial charge in [0.1, 0.15) is 0 Å². The number of thiophene rings is 1. The summed E-state index contributed by atoms with van der Waals surface area (Å²) in [7, 11) is 2.04. The molecule has 64 valence electrons. The molecule has 1 atom stereocenters. The molecule has 1 aliphatic heterocycles. The first kappa shape index (κ1) is 7.80. The van der Waals surface area contributed by atoms with Crippen LogP contribution in [-0.4, -0.2) is 17.8 Å². The van der Waals surface area contributed by atoms with Gasteiger partial charge in [0.05, 0.1) is 6.04 Å². The van der Waals surface area contributed by atoms with Gasteiger partial charge in [0, 0.05) is 24.1 Å². The molecule has 0 bridgehead atoms. The third-order valence-electron chi connectivity index (χ3n) is 2.14. The quantitative estimate of drug-likeness (QED) is 0.648. The van der Waals surface area contributed by atoms with E-state index in [2.05, 4.69) is 34.5 Å². The predicted octanol–water partition coefficient (Wildman–Crippen LogP) is 2.50. The van der Waals surface area contributed by atoms with Crippen LogP contribution in [-0.2, 0) is 0 Å². The van der Waals surface area contributed by atoms with E-state index in [1.807, 2.05) is 18.4 Å². The van der Waals surface area contributed by atoms with Gasteiger partial charge in [0.15, 0.2) is 0 Å². The molecule has 0 aliphatic carbocycles. The average Bonchev–Trinajstić information content (AvgIpc) is 2.58. The first-order valence-corrected chi connectivity index (χ1v) is 4.95. The normalized spacial score (nSPS) is 23.0. The van der Waals surface area contributed by atoms with E-state index in [4.69, 9.17) is 0 Å². The summed E-state index contributed by atoms with van der Waals surface area (Å²) in [6.45, 7) is 2.09. The van der Waals surface area contributed by atoms with Crippen LogP contribution in [0, 0.1) is 0 Å². The maximum absolute atomic E-state index is 4.38. The molecular weight excluding hydrogens is 168 g/mol. The number of hydrazone groups is 1. The monoisotopic (exact) mass is 180 g/mol. The van der Waals surface area contributed by atoms with Crippen LogP contribution >= 0.6 is 11.3 Å². The van der Waals surface area contributed by atoms with Crippen LogP contribution in [0.25, 0.3) is 0 Å². The van der Waals surface area contributed by atoms with Crippen molar-refractivity contribution >= 4 is 17.0 Å². The third-order valence-corrected chi connectivity index (χ3v) is 3.11. The van der Waals surface area contributed by atoms with Crippen LogP contribution in [0.4, 0.5) is 0 Å². The Kier molecular flexibility index (Phi) is 1.89. The van der Waals surface area contributed by atoms with Crippen molar-refractivity contribution in [2.24, 2.45) is 5.10 Å². The first-order valence-electron chi connectivity index (χ1n) is 4.07. The van der Waals surface area contributed by atoms with Gasteiger partial charge in [-0.15, -0.1) is 11.3 Å². The van der Waals surface area contributed by atoms with Crippen molar-refractivity contribution < 1.29 is 0 Å². The fourth-order valence-corrected chi connectivity index (χ4v) is 2.42. The minimum atomic E-state index is 0.491. The van der Waals surface area contributed by atoms with Crippen LogP contribution in [0.2, 0.25) is 0 Å². The van der Waals surface area contributed by atoms with Gasteiger partial charge in [-0.2, -0.15) is 5.10 Å². The second-order valence-electron chi connectivity index (χ2n) is 3.14. The first-order chi connectivity index (χ1) is 5.77. The molecule has 0 aromatic carbocycles. The average molecular weight is 180 g/mol. The van der Waals surface area contributed by atoms with Crippen molar-refractivity contribution in [2.75, 3.05) is 7.05 Å². The van der Waals surface area contributed by atoms with E-state index in [-0.39, 0.29) is 0 Å². The molecule has 2 nitrogen and oxygen atoms in total. The topological polar surface area (TPSA) is 15.6 Å². The molecule has 1 aromatic rings. The minimum Gasteiger partial charge on any atom is -0.291 e. The fraction of sp³-hybridized carbons (Fsp3) is 0.444. The molecule has 2 rings (SSSR count). The summed E-state index contributed by atoms with van der Waals surface area (Å²) in [6, 6.07) is 4.77. The molecule has 0 radical (unpaired) electrons. The summed E-state index contributed by atoms with van der Waals surface area (Å²) >= 11 is 1.81. The van der Waals surface area contributed by atoms with Gasteiger partial charge in [-0.3, -0.25) is 5.01 Å². The number of rotatable bonds is 1. The standard InChI is InChI=1S/C9H12N2S/c1-7-6-8(11(2)10-7)9-4-3-5-12-9/h3-5,8H,6H2,1-2H3. The van der Waals surface area contributed by atoms with Gasteiger partial charge in [-0.25, -0.2) is 0 Å². The summed E-state index contributed by atoms with van der Waals surface area (Å²) in [6.07, 6.45) is 1.08. The Labute approximate surface area is 76.5 Å². The number of hydrogen-bond donors (Lipinski definition) is 0. The number of nitrogens with zero attached hydrogens (tertiary/aromatic N) is 2. The molecule has 3 heteroatoms. The SMILES string of the molecule is CC1=NN(C)C(c2cccs2)C1. The molecule has 2 heterocycles. The molecular formula is C9H12N2S. The molecule has 0 N–H and O–H groups in total. The van der Waals surface area contributed by atoms with Crippen molar-refractivity contribution in [3.8, 4) is 0 Å². The van der Waals surface area contributed by atoms with Crippen LogP contribution in [0.1, 0.15) is 24.3 Å². The maximum Gasteiger partial charge on any atom is 0.0861 e. The van der Waals surface area contributed by atoms with E-state index in [1.54, 1.807) is 0 Å². The Hall–Kier alpha value is -0.830. The molecule has 1 unspecified atom stereocenters. The molecule has 0 fully saturated rings. The van der Waals surface area contributed by atoms with Crippen LogP contribution in [0.15, 0.2) is 22.6 Å². The Morgan fingerprint density at radius 3 is 3.00 bits per heavy atom. The summed E-state index contributed by atoms with van der Waals surface area (Å²) in [5.41, 5.74) is 1.23. The van der Waals surface area contributed by atoms with Gasteiger partial charge in [0.25, 0.3) is 0 Å². The van der Waals surface area contributed by atoms with E-state index in [9.17, 15) is 0 Å². The third kappa shape index (κ3) is 1.25. The van der Waals surface area contributed by atoms with Gasteiger partial charge >= 0.3 is 0 Å². The molecule has 12 heavy (non-hydrogen) atoms. The molecule has 0 saturated carbocycles. The van der Waals surface area contributed by atoms with Crippen LogP contribution in [0.3, 0.4) is 0 Å². The van der Waals surface area contributed by atoms with E-state index in [1.165, 1.54) is 10.6 Å². The van der Waals surface area contributed by atoms with Crippen LogP contribution in [0.5, 0.6) is 0 Å². The van der Waals surface area contributed by atoms with Crippen molar-refractivity contribution in [2.45, 2.75) is 19.4 Å². The van der Waals surface area contributed by atoms with Gasteiger partial charge in [-0.05, 0) is 18.4 Å². The largest absolute Gasteiger partial charge is 0.291 e. The fourth-order valence-electron chi connectivity index (χ4n) is 1.56. The highest BCUT2D eigenvalue weighted by Crippen LogP contribution is 2.31. The van der Waals surface area contributed by atoms with Crippen molar-refractivity contribution in [3.05, 3.63) is 22.4 Å². The van der Waals surface area contributed by atoms with E-state index < -0.39 is 0 Å². The lowest BCUT2D eigenvalue weighted by atomic mass is 10.1. The zero-order chi connectivity index (χ0) is 8.55. The predicted molar refractivity (Wildman–Crippen MR) is 52.5 cm³/mol. The van der Waals surface area contributed by atoms with E-state index in [0.717, 1.165) is 6.42 Å². The van der Waals surface area contributed by atoms with Gasteiger partial charge < -0.3 is 0 Å². The van der Waals surface area contributed by atoms with Gasteiger partial charge in [-0.1, -0.05) is 6.07 Å². The second-order valence-corrected chi connectivity index (χ2v) is 4.12. The van der Waals surface area contributed by atoms with Crippen molar-refractivity contribution in [3.63, 3.8) is 0 Å². The second kappa shape index (κ2) is 2.90. The van der Waals surface area contributed by atoms with Crippen molar-refractivity contribution in [1.82, 2.24) is 5.01 Å². The lowest BCUT2D eigenvalue weighted by Gasteiger charge is -2.16. The summed E-state index contributed by atoms with van der Waals surface area (Å²) in [4.78, 5) is 1.41.